The van der Waals surface area contributed by atoms with Crippen LogP contribution in [0, 0.1) is 28.7 Å². The van der Waals surface area contributed by atoms with E-state index in [0.717, 1.165) is 12.1 Å². The molecule has 0 fully saturated rings. The monoisotopic (exact) mass is 407 g/mol. The van der Waals surface area contributed by atoms with E-state index in [4.69, 9.17) is 0 Å². The minimum atomic E-state index is -1.02. The second-order valence-electron chi connectivity index (χ2n) is 6.80. The number of nitro groups is 1. The van der Waals surface area contributed by atoms with Gasteiger partial charge in [0.1, 0.15) is 0 Å². The van der Waals surface area contributed by atoms with Gasteiger partial charge in [-0.25, -0.2) is 13.5 Å². The van der Waals surface area contributed by atoms with Crippen LogP contribution in [0.25, 0.3) is 22.0 Å². The molecule has 150 valence electrons. The average molecular weight is 407 g/mol. The van der Waals surface area contributed by atoms with Crippen molar-refractivity contribution in [1.29, 1.82) is 0 Å². The number of hydrogen-bond donors (Lipinski definition) is 0. The molecule has 0 aliphatic heterocycles. The molecule has 1 aromatic heterocycles. The van der Waals surface area contributed by atoms with Crippen LogP contribution in [-0.4, -0.2) is 14.7 Å². The standard InChI is InChI=1S/C22H15F2N3O3/c1-13-15(5-4-8-20(13)27(29)30)12-26-22(28)17-7-3-2-6-16(17)21(25-26)14-9-10-18(23)19(24)11-14/h2-11H,12H2,1H3. The molecule has 0 N–H and O–H groups in total. The van der Waals surface area contributed by atoms with Gasteiger partial charge in [0.25, 0.3) is 11.2 Å². The van der Waals surface area contributed by atoms with Gasteiger partial charge in [-0.2, -0.15) is 5.10 Å². The lowest BCUT2D eigenvalue weighted by Gasteiger charge is -2.13. The first-order valence-corrected chi connectivity index (χ1v) is 9.05. The summed E-state index contributed by atoms with van der Waals surface area (Å²) in [6, 6.07) is 14.8. The zero-order chi connectivity index (χ0) is 21.4. The smallest absolute Gasteiger partial charge is 0.267 e. The Hall–Kier alpha value is -3.94. The summed E-state index contributed by atoms with van der Waals surface area (Å²) in [6.07, 6.45) is 0. The van der Waals surface area contributed by atoms with E-state index < -0.39 is 16.6 Å². The number of aromatic nitrogens is 2. The van der Waals surface area contributed by atoms with Crippen molar-refractivity contribution in [1.82, 2.24) is 9.78 Å². The summed E-state index contributed by atoms with van der Waals surface area (Å²) >= 11 is 0. The summed E-state index contributed by atoms with van der Waals surface area (Å²) in [5.74, 6) is -2.01. The number of nitro benzene ring substituents is 1. The van der Waals surface area contributed by atoms with Crippen LogP contribution in [0.2, 0.25) is 0 Å². The summed E-state index contributed by atoms with van der Waals surface area (Å²) in [5.41, 5.74) is 1.18. The van der Waals surface area contributed by atoms with Crippen molar-refractivity contribution in [2.75, 3.05) is 0 Å². The molecule has 0 amide bonds. The predicted octanol–water partition coefficient (Wildman–Crippen LogP) is 4.61. The summed E-state index contributed by atoms with van der Waals surface area (Å²) in [6.45, 7) is 1.60. The van der Waals surface area contributed by atoms with E-state index in [1.165, 1.54) is 16.8 Å². The van der Waals surface area contributed by atoms with Crippen LogP contribution in [0.3, 0.4) is 0 Å². The van der Waals surface area contributed by atoms with E-state index in [-0.39, 0.29) is 17.8 Å². The number of hydrogen-bond acceptors (Lipinski definition) is 4. The van der Waals surface area contributed by atoms with E-state index in [2.05, 4.69) is 5.10 Å². The number of nitrogens with zero attached hydrogens (tertiary/aromatic N) is 3. The normalized spacial score (nSPS) is 11.0. The Bertz CT molecular complexity index is 1370. The summed E-state index contributed by atoms with van der Waals surface area (Å²) in [7, 11) is 0. The maximum atomic E-state index is 13.8. The van der Waals surface area contributed by atoms with Gasteiger partial charge in [0.05, 0.1) is 22.5 Å². The van der Waals surface area contributed by atoms with Crippen molar-refractivity contribution in [3.63, 3.8) is 0 Å². The highest BCUT2D eigenvalue weighted by Gasteiger charge is 2.17. The molecule has 1 heterocycles. The van der Waals surface area contributed by atoms with Gasteiger partial charge in [0, 0.05) is 22.6 Å². The minimum absolute atomic E-state index is 0.00609. The van der Waals surface area contributed by atoms with Gasteiger partial charge in [-0.15, -0.1) is 0 Å². The Morgan fingerprint density at radius 3 is 2.43 bits per heavy atom. The first kappa shape index (κ1) is 19.4. The van der Waals surface area contributed by atoms with Crippen molar-refractivity contribution < 1.29 is 13.7 Å². The Kier molecular flexibility index (Phi) is 4.83. The molecule has 0 bridgehead atoms. The summed E-state index contributed by atoms with van der Waals surface area (Å²) < 4.78 is 28.4. The molecule has 0 unspecified atom stereocenters. The maximum absolute atomic E-state index is 13.8. The molecule has 8 heteroatoms. The zero-order valence-electron chi connectivity index (χ0n) is 15.8. The lowest BCUT2D eigenvalue weighted by molar-refractivity contribution is -0.385. The second kappa shape index (κ2) is 7.47. The van der Waals surface area contributed by atoms with Crippen LogP contribution >= 0.6 is 0 Å². The number of rotatable bonds is 4. The van der Waals surface area contributed by atoms with E-state index in [1.54, 1.807) is 43.3 Å². The third kappa shape index (κ3) is 3.32. The van der Waals surface area contributed by atoms with Crippen molar-refractivity contribution >= 4 is 16.5 Å². The van der Waals surface area contributed by atoms with Gasteiger partial charge >= 0.3 is 0 Å². The molecule has 4 aromatic rings. The Morgan fingerprint density at radius 1 is 1.00 bits per heavy atom. The number of benzene rings is 3. The molecular weight excluding hydrogens is 392 g/mol. The van der Waals surface area contributed by atoms with E-state index in [1.807, 2.05) is 0 Å². The van der Waals surface area contributed by atoms with Gasteiger partial charge < -0.3 is 0 Å². The average Bonchev–Trinajstić information content (AvgIpc) is 2.73. The zero-order valence-corrected chi connectivity index (χ0v) is 15.8. The highest BCUT2D eigenvalue weighted by Crippen LogP contribution is 2.27. The molecular formula is C22H15F2N3O3. The molecule has 0 saturated heterocycles. The number of halogens is 2. The molecule has 0 atom stereocenters. The molecule has 0 aliphatic carbocycles. The summed E-state index contributed by atoms with van der Waals surface area (Å²) in [4.78, 5) is 23.7. The minimum Gasteiger partial charge on any atom is -0.267 e. The first-order chi connectivity index (χ1) is 14.4. The molecule has 0 saturated carbocycles. The van der Waals surface area contributed by atoms with Gasteiger partial charge in [-0.1, -0.05) is 30.3 Å². The lowest BCUT2D eigenvalue weighted by Crippen LogP contribution is -2.25. The second-order valence-corrected chi connectivity index (χ2v) is 6.80. The van der Waals surface area contributed by atoms with Crippen molar-refractivity contribution in [3.8, 4) is 11.3 Å². The van der Waals surface area contributed by atoms with Crippen LogP contribution in [0.4, 0.5) is 14.5 Å². The van der Waals surface area contributed by atoms with Crippen LogP contribution in [-0.2, 0) is 6.54 Å². The first-order valence-electron chi connectivity index (χ1n) is 9.05. The van der Waals surface area contributed by atoms with E-state index in [0.29, 0.717) is 33.2 Å². The largest absolute Gasteiger partial charge is 0.274 e. The fourth-order valence-electron chi connectivity index (χ4n) is 3.40. The van der Waals surface area contributed by atoms with Gasteiger partial charge in [0.2, 0.25) is 0 Å². The van der Waals surface area contributed by atoms with Crippen LogP contribution in [0.1, 0.15) is 11.1 Å². The van der Waals surface area contributed by atoms with Crippen molar-refractivity contribution in [3.05, 3.63) is 104 Å². The fraction of sp³-hybridized carbons (Fsp3) is 0.0909. The van der Waals surface area contributed by atoms with Crippen LogP contribution in [0.5, 0.6) is 0 Å². The molecule has 0 aliphatic rings. The molecule has 4 rings (SSSR count). The number of fused-ring (bicyclic) bond motifs is 1. The Morgan fingerprint density at radius 2 is 1.73 bits per heavy atom. The van der Waals surface area contributed by atoms with Gasteiger partial charge in [0.15, 0.2) is 11.6 Å². The van der Waals surface area contributed by atoms with E-state index in [9.17, 15) is 23.7 Å². The summed E-state index contributed by atoms with van der Waals surface area (Å²) in [5, 5.41) is 16.5. The quantitative estimate of drug-likeness (QED) is 0.366. The predicted molar refractivity (Wildman–Crippen MR) is 108 cm³/mol. The molecule has 0 radical (unpaired) electrons. The van der Waals surface area contributed by atoms with Crippen LogP contribution in [0.15, 0.2) is 65.5 Å². The van der Waals surface area contributed by atoms with Gasteiger partial charge in [-0.05, 0) is 36.8 Å². The van der Waals surface area contributed by atoms with Crippen molar-refractivity contribution in [2.24, 2.45) is 0 Å². The highest BCUT2D eigenvalue weighted by molar-refractivity contribution is 5.93. The fourth-order valence-corrected chi connectivity index (χ4v) is 3.40. The highest BCUT2D eigenvalue weighted by atomic mass is 19.2. The molecule has 3 aromatic carbocycles. The SMILES string of the molecule is Cc1c(Cn2nc(-c3ccc(F)c(F)c3)c3ccccc3c2=O)cccc1[N+](=O)[O-]. The topological polar surface area (TPSA) is 78.0 Å². The maximum Gasteiger partial charge on any atom is 0.274 e. The Labute approximate surface area is 169 Å². The lowest BCUT2D eigenvalue weighted by atomic mass is 10.0. The molecule has 0 spiro atoms. The van der Waals surface area contributed by atoms with Crippen LogP contribution < -0.4 is 5.56 Å². The molecule has 6 nitrogen and oxygen atoms in total. The third-order valence-electron chi connectivity index (χ3n) is 4.99. The molecule has 30 heavy (non-hydrogen) atoms. The van der Waals surface area contributed by atoms with E-state index >= 15 is 0 Å². The van der Waals surface area contributed by atoms with Gasteiger partial charge in [-0.3, -0.25) is 14.9 Å². The third-order valence-corrected chi connectivity index (χ3v) is 4.99. The van der Waals surface area contributed by atoms with Crippen molar-refractivity contribution in [2.45, 2.75) is 13.5 Å². The Balaban J connectivity index is 1.93.